The number of nitrogens with one attached hydrogen (secondary N) is 2. The number of furan rings is 1. The van der Waals surface area contributed by atoms with Crippen LogP contribution in [0.25, 0.3) is 21.7 Å². The Morgan fingerprint density at radius 3 is 2.63 bits per heavy atom. The van der Waals surface area contributed by atoms with E-state index in [2.05, 4.69) is 15.6 Å². The molecule has 0 bridgehead atoms. The van der Waals surface area contributed by atoms with Crippen LogP contribution in [0.3, 0.4) is 0 Å². The van der Waals surface area contributed by atoms with E-state index in [1.807, 2.05) is 36.4 Å². The zero-order valence-corrected chi connectivity index (χ0v) is 15.8. The number of anilines is 1. The molecule has 8 heteroatoms. The highest BCUT2D eigenvalue weighted by Crippen LogP contribution is 2.30. The molecule has 154 valence electrons. The van der Waals surface area contributed by atoms with Gasteiger partial charge in [-0.15, -0.1) is 0 Å². The van der Waals surface area contributed by atoms with Crippen LogP contribution in [0.1, 0.15) is 11.1 Å². The molecule has 0 radical (unpaired) electrons. The molecule has 0 atom stereocenters. The minimum Gasteiger partial charge on any atom is -0.464 e. The summed E-state index contributed by atoms with van der Waals surface area (Å²) >= 11 is 0. The molecule has 4 aromatic rings. The molecule has 4 rings (SSSR count). The van der Waals surface area contributed by atoms with Crippen LogP contribution >= 0.6 is 0 Å². The zero-order chi connectivity index (χ0) is 21.1. The lowest BCUT2D eigenvalue weighted by atomic mass is 10.0. The SMILES string of the molecule is O=C(Cc1coc2ccc3ccccc3c12)NCCNc1ccc(C(F)(F)F)cn1. The lowest BCUT2D eigenvalue weighted by Crippen LogP contribution is -2.30. The number of carbonyl (C=O) groups is 1. The van der Waals surface area contributed by atoms with Gasteiger partial charge in [0.25, 0.3) is 0 Å². The second-order valence-corrected chi connectivity index (χ2v) is 6.80. The number of hydrogen-bond donors (Lipinski definition) is 2. The quantitative estimate of drug-likeness (QED) is 0.447. The highest BCUT2D eigenvalue weighted by molar-refractivity contribution is 6.08. The van der Waals surface area contributed by atoms with Gasteiger partial charge in [0, 0.05) is 30.2 Å². The van der Waals surface area contributed by atoms with E-state index in [0.29, 0.717) is 18.9 Å². The predicted octanol–water partition coefficient (Wildman–Crippen LogP) is 4.77. The fourth-order valence-electron chi connectivity index (χ4n) is 3.30. The molecule has 0 fully saturated rings. The third-order valence-corrected chi connectivity index (χ3v) is 4.74. The van der Waals surface area contributed by atoms with Crippen molar-refractivity contribution in [1.82, 2.24) is 10.3 Å². The van der Waals surface area contributed by atoms with Crippen LogP contribution in [-0.4, -0.2) is 24.0 Å². The summed E-state index contributed by atoms with van der Waals surface area (Å²) < 4.78 is 43.2. The highest BCUT2D eigenvalue weighted by atomic mass is 19.4. The Hall–Kier alpha value is -3.55. The van der Waals surface area contributed by atoms with Gasteiger partial charge in [0.2, 0.25) is 5.91 Å². The number of halogens is 3. The van der Waals surface area contributed by atoms with Crippen molar-refractivity contribution < 1.29 is 22.4 Å². The lowest BCUT2D eigenvalue weighted by molar-refractivity contribution is -0.137. The second kappa shape index (κ2) is 8.06. The van der Waals surface area contributed by atoms with Crippen molar-refractivity contribution in [3.05, 3.63) is 72.1 Å². The van der Waals surface area contributed by atoms with Crippen LogP contribution < -0.4 is 10.6 Å². The topological polar surface area (TPSA) is 67.2 Å². The second-order valence-electron chi connectivity index (χ2n) is 6.80. The highest BCUT2D eigenvalue weighted by Gasteiger charge is 2.30. The molecule has 5 nitrogen and oxygen atoms in total. The zero-order valence-electron chi connectivity index (χ0n) is 15.8. The van der Waals surface area contributed by atoms with Crippen LogP contribution in [0.15, 0.2) is 65.4 Å². The summed E-state index contributed by atoms with van der Waals surface area (Å²) in [4.78, 5) is 16.1. The van der Waals surface area contributed by atoms with Crippen molar-refractivity contribution in [3.63, 3.8) is 0 Å². The number of amides is 1. The average Bonchev–Trinajstić information content (AvgIpc) is 3.14. The van der Waals surface area contributed by atoms with Crippen LogP contribution in [0, 0.1) is 0 Å². The van der Waals surface area contributed by atoms with Crippen LogP contribution in [0.5, 0.6) is 0 Å². The third-order valence-electron chi connectivity index (χ3n) is 4.74. The minimum atomic E-state index is -4.41. The molecular formula is C22H18F3N3O2. The summed E-state index contributed by atoms with van der Waals surface area (Å²) in [5.74, 6) is 0.136. The lowest BCUT2D eigenvalue weighted by Gasteiger charge is -2.09. The average molecular weight is 413 g/mol. The summed E-state index contributed by atoms with van der Waals surface area (Å²) in [6.07, 6.45) is -1.88. The van der Waals surface area contributed by atoms with E-state index in [0.717, 1.165) is 39.6 Å². The number of pyridine rings is 1. The Balaban J connectivity index is 1.33. The Morgan fingerprint density at radius 2 is 1.87 bits per heavy atom. The third kappa shape index (κ3) is 4.22. The standard InChI is InChI=1S/C22H18F3N3O2/c23-22(24,25)16-6-8-19(28-12-16)26-9-10-27-20(29)11-15-13-30-18-7-5-14-3-1-2-4-17(14)21(15)18/h1-8,12-13H,9-11H2,(H,26,28)(H,27,29). The fourth-order valence-corrected chi connectivity index (χ4v) is 3.30. The Bertz CT molecular complexity index is 1180. The molecule has 2 heterocycles. The molecule has 2 N–H and O–H groups in total. The molecule has 0 aliphatic rings. The first-order valence-electron chi connectivity index (χ1n) is 9.33. The number of nitrogens with zero attached hydrogens (tertiary/aromatic N) is 1. The van der Waals surface area contributed by atoms with Crippen molar-refractivity contribution in [3.8, 4) is 0 Å². The molecule has 0 spiro atoms. The van der Waals surface area contributed by atoms with Crippen molar-refractivity contribution in [2.75, 3.05) is 18.4 Å². The van der Waals surface area contributed by atoms with E-state index in [1.165, 1.54) is 6.07 Å². The van der Waals surface area contributed by atoms with E-state index in [4.69, 9.17) is 4.42 Å². The fraction of sp³-hybridized carbons (Fsp3) is 0.182. The Labute approximate surface area is 169 Å². The van der Waals surface area contributed by atoms with Crippen molar-refractivity contribution in [2.24, 2.45) is 0 Å². The molecule has 1 amide bonds. The van der Waals surface area contributed by atoms with Gasteiger partial charge in [0.15, 0.2) is 0 Å². The van der Waals surface area contributed by atoms with Crippen LogP contribution in [-0.2, 0) is 17.4 Å². The minimum absolute atomic E-state index is 0.166. The van der Waals surface area contributed by atoms with Crippen molar-refractivity contribution in [1.29, 1.82) is 0 Å². The molecule has 2 aromatic heterocycles. The summed E-state index contributed by atoms with van der Waals surface area (Å²) in [6, 6.07) is 14.0. The molecule has 0 saturated carbocycles. The van der Waals surface area contributed by atoms with Crippen molar-refractivity contribution in [2.45, 2.75) is 12.6 Å². The number of rotatable bonds is 6. The van der Waals surface area contributed by atoms with Crippen LogP contribution in [0.2, 0.25) is 0 Å². The molecule has 0 aliphatic carbocycles. The molecular weight excluding hydrogens is 395 g/mol. The van der Waals surface area contributed by atoms with Crippen molar-refractivity contribution >= 4 is 33.5 Å². The number of alkyl halides is 3. The maximum atomic E-state index is 12.5. The smallest absolute Gasteiger partial charge is 0.417 e. The largest absolute Gasteiger partial charge is 0.464 e. The molecule has 0 aliphatic heterocycles. The van der Waals surface area contributed by atoms with Crippen LogP contribution in [0.4, 0.5) is 19.0 Å². The predicted molar refractivity (Wildman–Crippen MR) is 108 cm³/mol. The van der Waals surface area contributed by atoms with Gasteiger partial charge in [-0.1, -0.05) is 30.3 Å². The first-order chi connectivity index (χ1) is 14.4. The normalized spacial score (nSPS) is 11.7. The first-order valence-corrected chi connectivity index (χ1v) is 9.33. The van der Waals surface area contributed by atoms with E-state index in [1.54, 1.807) is 6.26 Å². The summed E-state index contributed by atoms with van der Waals surface area (Å²) in [7, 11) is 0. The van der Waals surface area contributed by atoms with E-state index >= 15 is 0 Å². The summed E-state index contributed by atoms with van der Waals surface area (Å²) in [5, 5.41) is 8.69. The first kappa shape index (κ1) is 19.8. The van der Waals surface area contributed by atoms with Gasteiger partial charge >= 0.3 is 6.18 Å². The summed E-state index contributed by atoms with van der Waals surface area (Å²) in [5.41, 5.74) is 0.726. The van der Waals surface area contributed by atoms with Gasteiger partial charge in [-0.3, -0.25) is 4.79 Å². The van der Waals surface area contributed by atoms with E-state index in [-0.39, 0.29) is 12.3 Å². The molecule has 2 aromatic carbocycles. The Kier molecular flexibility index (Phi) is 5.31. The van der Waals surface area contributed by atoms with E-state index < -0.39 is 11.7 Å². The number of fused-ring (bicyclic) bond motifs is 3. The molecule has 30 heavy (non-hydrogen) atoms. The number of benzene rings is 2. The number of aromatic nitrogens is 1. The van der Waals surface area contributed by atoms with Gasteiger partial charge < -0.3 is 15.1 Å². The maximum absolute atomic E-state index is 12.5. The van der Waals surface area contributed by atoms with Gasteiger partial charge in [-0.05, 0) is 29.0 Å². The number of carbonyl (C=O) groups excluding carboxylic acids is 1. The summed E-state index contributed by atoms with van der Waals surface area (Å²) in [6.45, 7) is 0.636. The van der Waals surface area contributed by atoms with Gasteiger partial charge in [0.05, 0.1) is 18.2 Å². The van der Waals surface area contributed by atoms with Gasteiger partial charge in [-0.2, -0.15) is 13.2 Å². The van der Waals surface area contributed by atoms with Gasteiger partial charge in [0.1, 0.15) is 11.4 Å². The monoisotopic (exact) mass is 413 g/mol. The molecule has 0 unspecified atom stereocenters. The molecule has 0 saturated heterocycles. The number of hydrogen-bond acceptors (Lipinski definition) is 4. The maximum Gasteiger partial charge on any atom is 0.417 e. The van der Waals surface area contributed by atoms with Gasteiger partial charge in [-0.25, -0.2) is 4.98 Å². The Morgan fingerprint density at radius 1 is 1.03 bits per heavy atom. The van der Waals surface area contributed by atoms with E-state index in [9.17, 15) is 18.0 Å².